The number of benzene rings is 1. The lowest BCUT2D eigenvalue weighted by molar-refractivity contribution is -0.143. The smallest absolute Gasteiger partial charge is 0.326 e. The maximum Gasteiger partial charge on any atom is 0.326 e. The molecule has 1 amide bonds. The van der Waals surface area contributed by atoms with Crippen LogP contribution in [-0.2, 0) is 4.79 Å². The van der Waals surface area contributed by atoms with Crippen molar-refractivity contribution >= 4 is 27.8 Å². The Morgan fingerprint density at radius 1 is 1.32 bits per heavy atom. The molecule has 1 heterocycles. The number of aromatic hydroxyl groups is 1. The maximum absolute atomic E-state index is 12.3. The summed E-state index contributed by atoms with van der Waals surface area (Å²) < 4.78 is 0.662. The second-order valence-corrected chi connectivity index (χ2v) is 5.43. The van der Waals surface area contributed by atoms with E-state index in [1.54, 1.807) is 6.07 Å². The van der Waals surface area contributed by atoms with E-state index in [4.69, 9.17) is 5.11 Å². The van der Waals surface area contributed by atoms with Gasteiger partial charge in [-0.2, -0.15) is 0 Å². The molecule has 1 saturated heterocycles. The van der Waals surface area contributed by atoms with Gasteiger partial charge in [-0.05, 0) is 37.5 Å². The molecule has 19 heavy (non-hydrogen) atoms. The Kier molecular flexibility index (Phi) is 4.09. The molecule has 1 fully saturated rings. The lowest BCUT2D eigenvalue weighted by Crippen LogP contribution is -2.48. The molecule has 0 radical (unpaired) electrons. The van der Waals surface area contributed by atoms with Gasteiger partial charge in [0.15, 0.2) is 0 Å². The highest BCUT2D eigenvalue weighted by Gasteiger charge is 2.33. The van der Waals surface area contributed by atoms with Crippen molar-refractivity contribution in [2.45, 2.75) is 25.3 Å². The number of likely N-dealkylation sites (tertiary alicyclic amines) is 1. The Morgan fingerprint density at radius 2 is 2.05 bits per heavy atom. The van der Waals surface area contributed by atoms with Gasteiger partial charge in [0, 0.05) is 11.0 Å². The Bertz CT molecular complexity index is 517. The predicted molar refractivity (Wildman–Crippen MR) is 72.1 cm³/mol. The zero-order chi connectivity index (χ0) is 14.0. The van der Waals surface area contributed by atoms with E-state index in [1.807, 2.05) is 0 Å². The summed E-state index contributed by atoms with van der Waals surface area (Å²) >= 11 is 3.20. The summed E-state index contributed by atoms with van der Waals surface area (Å²) in [4.78, 5) is 24.8. The molecule has 0 aromatic heterocycles. The van der Waals surface area contributed by atoms with Gasteiger partial charge < -0.3 is 15.1 Å². The number of carbonyl (C=O) groups excluding carboxylic acids is 1. The average Bonchev–Trinajstić information content (AvgIpc) is 2.38. The van der Waals surface area contributed by atoms with Gasteiger partial charge >= 0.3 is 5.97 Å². The third kappa shape index (κ3) is 2.89. The van der Waals surface area contributed by atoms with Crippen LogP contribution in [0.25, 0.3) is 0 Å². The third-order valence-electron chi connectivity index (χ3n) is 3.24. The number of piperidine rings is 1. The number of carboxylic acids is 1. The van der Waals surface area contributed by atoms with E-state index in [9.17, 15) is 14.7 Å². The van der Waals surface area contributed by atoms with Crippen LogP contribution in [0.2, 0.25) is 0 Å². The molecule has 0 bridgehead atoms. The van der Waals surface area contributed by atoms with Crippen LogP contribution in [0.15, 0.2) is 22.7 Å². The number of amides is 1. The Hall–Kier alpha value is -1.56. The first-order chi connectivity index (χ1) is 9.00. The fourth-order valence-electron chi connectivity index (χ4n) is 2.27. The van der Waals surface area contributed by atoms with Crippen molar-refractivity contribution in [2.24, 2.45) is 0 Å². The van der Waals surface area contributed by atoms with Gasteiger partial charge in [-0.3, -0.25) is 4.79 Å². The molecule has 0 saturated carbocycles. The highest BCUT2D eigenvalue weighted by Crippen LogP contribution is 2.26. The number of halogens is 1. The molecule has 1 aliphatic rings. The van der Waals surface area contributed by atoms with Gasteiger partial charge in [0.2, 0.25) is 0 Å². The summed E-state index contributed by atoms with van der Waals surface area (Å²) in [5.74, 6) is -1.57. The van der Waals surface area contributed by atoms with Gasteiger partial charge in [0.25, 0.3) is 5.91 Å². The summed E-state index contributed by atoms with van der Waals surface area (Å²) in [7, 11) is 0. The minimum atomic E-state index is -0.996. The average molecular weight is 328 g/mol. The van der Waals surface area contributed by atoms with Crippen LogP contribution in [0, 0.1) is 0 Å². The fourth-order valence-corrected chi connectivity index (χ4v) is 2.62. The van der Waals surface area contributed by atoms with E-state index in [0.29, 0.717) is 17.4 Å². The molecule has 1 atom stereocenters. The van der Waals surface area contributed by atoms with Crippen LogP contribution in [0.5, 0.6) is 5.75 Å². The first-order valence-electron chi connectivity index (χ1n) is 6.03. The number of nitrogens with zero attached hydrogens (tertiary/aromatic N) is 1. The van der Waals surface area contributed by atoms with Crippen LogP contribution in [-0.4, -0.2) is 39.6 Å². The number of hydrogen-bond acceptors (Lipinski definition) is 3. The molecular formula is C13H14BrNO4. The Labute approximate surface area is 119 Å². The molecule has 5 nitrogen and oxygen atoms in total. The molecule has 1 aliphatic heterocycles. The van der Waals surface area contributed by atoms with Crippen LogP contribution in [0.3, 0.4) is 0 Å². The number of phenols is 1. The molecule has 6 heteroatoms. The lowest BCUT2D eigenvalue weighted by atomic mass is 10.0. The van der Waals surface area contributed by atoms with Crippen molar-refractivity contribution in [2.75, 3.05) is 6.54 Å². The minimum Gasteiger partial charge on any atom is -0.507 e. The molecule has 102 valence electrons. The normalized spacial score (nSPS) is 19.2. The maximum atomic E-state index is 12.3. The summed E-state index contributed by atoms with van der Waals surface area (Å²) in [6, 6.07) is 3.76. The quantitative estimate of drug-likeness (QED) is 0.873. The monoisotopic (exact) mass is 327 g/mol. The third-order valence-corrected chi connectivity index (χ3v) is 3.73. The number of hydrogen-bond donors (Lipinski definition) is 2. The van der Waals surface area contributed by atoms with Gasteiger partial charge in [0.05, 0.1) is 5.56 Å². The SMILES string of the molecule is O=C(O)C1CCCCN1C(=O)c1ccc(Br)cc1O. The van der Waals surface area contributed by atoms with Crippen molar-refractivity contribution in [3.05, 3.63) is 28.2 Å². The molecule has 0 spiro atoms. The van der Waals surface area contributed by atoms with E-state index >= 15 is 0 Å². The summed E-state index contributed by atoms with van der Waals surface area (Å²) in [5, 5.41) is 18.9. The van der Waals surface area contributed by atoms with Crippen LogP contribution >= 0.6 is 15.9 Å². The van der Waals surface area contributed by atoms with E-state index in [1.165, 1.54) is 17.0 Å². The first kappa shape index (κ1) is 13.9. The van der Waals surface area contributed by atoms with E-state index in [2.05, 4.69) is 15.9 Å². The van der Waals surface area contributed by atoms with Gasteiger partial charge in [-0.25, -0.2) is 4.79 Å². The highest BCUT2D eigenvalue weighted by atomic mass is 79.9. The highest BCUT2D eigenvalue weighted by molar-refractivity contribution is 9.10. The van der Waals surface area contributed by atoms with Crippen molar-refractivity contribution in [3.8, 4) is 5.75 Å². The van der Waals surface area contributed by atoms with Gasteiger partial charge in [-0.15, -0.1) is 0 Å². The summed E-state index contributed by atoms with van der Waals surface area (Å²) in [6.07, 6.45) is 2.04. The van der Waals surface area contributed by atoms with E-state index < -0.39 is 17.9 Å². The molecule has 0 aliphatic carbocycles. The van der Waals surface area contributed by atoms with Gasteiger partial charge in [0.1, 0.15) is 11.8 Å². The van der Waals surface area contributed by atoms with Crippen LogP contribution in [0.4, 0.5) is 0 Å². The van der Waals surface area contributed by atoms with Crippen molar-refractivity contribution in [1.29, 1.82) is 0 Å². The predicted octanol–water partition coefficient (Wildman–Crippen LogP) is 2.23. The zero-order valence-electron chi connectivity index (χ0n) is 10.2. The van der Waals surface area contributed by atoms with Crippen molar-refractivity contribution < 1.29 is 19.8 Å². The van der Waals surface area contributed by atoms with Crippen molar-refractivity contribution in [1.82, 2.24) is 4.90 Å². The van der Waals surface area contributed by atoms with E-state index in [0.717, 1.165) is 12.8 Å². The second kappa shape index (κ2) is 5.61. The lowest BCUT2D eigenvalue weighted by Gasteiger charge is -2.33. The summed E-state index contributed by atoms with van der Waals surface area (Å²) in [6.45, 7) is 0.408. The first-order valence-corrected chi connectivity index (χ1v) is 6.82. The van der Waals surface area contributed by atoms with E-state index in [-0.39, 0.29) is 11.3 Å². The zero-order valence-corrected chi connectivity index (χ0v) is 11.8. The number of carboxylic acid groups (broad SMARTS) is 1. The number of aliphatic carboxylic acids is 1. The number of rotatable bonds is 2. The standard InChI is InChI=1S/C13H14BrNO4/c14-8-4-5-9(11(16)7-8)12(17)15-6-2-1-3-10(15)13(18)19/h4-5,7,10,16H,1-3,6H2,(H,18,19). The molecule has 1 aromatic carbocycles. The molecule has 1 unspecified atom stereocenters. The molecular weight excluding hydrogens is 314 g/mol. The second-order valence-electron chi connectivity index (χ2n) is 4.51. The largest absolute Gasteiger partial charge is 0.507 e. The topological polar surface area (TPSA) is 77.8 Å². The van der Waals surface area contributed by atoms with Crippen molar-refractivity contribution in [3.63, 3.8) is 0 Å². The Morgan fingerprint density at radius 3 is 2.68 bits per heavy atom. The molecule has 2 N–H and O–H groups in total. The van der Waals surface area contributed by atoms with Crippen LogP contribution in [0.1, 0.15) is 29.6 Å². The molecule has 2 rings (SSSR count). The minimum absolute atomic E-state index is 0.136. The summed E-state index contributed by atoms with van der Waals surface area (Å²) in [5.41, 5.74) is 0.136. The number of phenolic OH excluding ortho intramolecular Hbond substituents is 1. The molecule has 1 aromatic rings. The number of carbonyl (C=O) groups is 2. The van der Waals surface area contributed by atoms with Crippen LogP contribution < -0.4 is 0 Å². The van der Waals surface area contributed by atoms with Gasteiger partial charge in [-0.1, -0.05) is 15.9 Å². The fraction of sp³-hybridized carbons (Fsp3) is 0.385. The Balaban J connectivity index is 2.28.